The minimum Gasteiger partial charge on any atom is -0.272 e. The first-order chi connectivity index (χ1) is 6.99. The van der Waals surface area contributed by atoms with E-state index in [2.05, 4.69) is 44.6 Å². The summed E-state index contributed by atoms with van der Waals surface area (Å²) < 4.78 is 1.95. The van der Waals surface area contributed by atoms with E-state index in [1.807, 2.05) is 18.7 Å². The molecule has 82 valence electrons. The van der Waals surface area contributed by atoms with Crippen LogP contribution in [0.2, 0.25) is 0 Å². The third-order valence-electron chi connectivity index (χ3n) is 3.14. The van der Waals surface area contributed by atoms with Crippen LogP contribution in [0.15, 0.2) is 0 Å². The lowest BCUT2D eigenvalue weighted by Gasteiger charge is -2.15. The summed E-state index contributed by atoms with van der Waals surface area (Å²) >= 11 is 0. The summed E-state index contributed by atoms with van der Waals surface area (Å²) in [6, 6.07) is 0. The fraction of sp³-hybridized carbons (Fsp3) is 0.615. The molecule has 1 heterocycles. The Kier molecular flexibility index (Phi) is 3.57. The molecule has 0 aliphatic rings. The van der Waals surface area contributed by atoms with Crippen LogP contribution in [0.1, 0.15) is 43.6 Å². The molecule has 0 spiro atoms. The molecule has 2 nitrogen and oxygen atoms in total. The van der Waals surface area contributed by atoms with Crippen molar-refractivity contribution in [2.75, 3.05) is 0 Å². The largest absolute Gasteiger partial charge is 0.272 e. The van der Waals surface area contributed by atoms with E-state index in [9.17, 15) is 0 Å². The Morgan fingerprint density at radius 3 is 2.27 bits per heavy atom. The van der Waals surface area contributed by atoms with Crippen LogP contribution in [0.25, 0.3) is 0 Å². The highest BCUT2D eigenvalue weighted by Gasteiger charge is 2.19. The lowest BCUT2D eigenvalue weighted by Crippen LogP contribution is -2.06. The zero-order valence-corrected chi connectivity index (χ0v) is 10.5. The highest BCUT2D eigenvalue weighted by atomic mass is 15.3. The Hall–Kier alpha value is -1.23. The quantitative estimate of drug-likeness (QED) is 0.677. The molecule has 1 aromatic rings. The van der Waals surface area contributed by atoms with Crippen LogP contribution < -0.4 is 0 Å². The van der Waals surface area contributed by atoms with Gasteiger partial charge in [-0.3, -0.25) is 4.68 Å². The van der Waals surface area contributed by atoms with Gasteiger partial charge in [-0.15, -0.1) is 5.92 Å². The maximum Gasteiger partial charge on any atom is 0.0631 e. The van der Waals surface area contributed by atoms with Crippen molar-refractivity contribution in [3.05, 3.63) is 17.0 Å². The highest BCUT2D eigenvalue weighted by Crippen LogP contribution is 2.28. The van der Waals surface area contributed by atoms with Crippen molar-refractivity contribution >= 4 is 0 Å². The van der Waals surface area contributed by atoms with Gasteiger partial charge in [-0.05, 0) is 32.3 Å². The standard InChI is InChI=1S/C13H20N2/c1-7-8-9(2)10(3)13-11(4)14-15(6)12(13)5/h9-10H,1-6H3. The first kappa shape index (κ1) is 11.8. The average molecular weight is 204 g/mol. The Labute approximate surface area is 92.7 Å². The molecule has 0 fully saturated rings. The third kappa shape index (κ3) is 2.23. The monoisotopic (exact) mass is 204 g/mol. The Morgan fingerprint density at radius 2 is 1.87 bits per heavy atom. The van der Waals surface area contributed by atoms with Gasteiger partial charge in [-0.2, -0.15) is 5.10 Å². The van der Waals surface area contributed by atoms with E-state index in [-0.39, 0.29) is 0 Å². The molecule has 0 aliphatic heterocycles. The summed E-state index contributed by atoms with van der Waals surface area (Å²) in [5.41, 5.74) is 3.74. The summed E-state index contributed by atoms with van der Waals surface area (Å²) in [6.45, 7) is 10.5. The summed E-state index contributed by atoms with van der Waals surface area (Å²) in [5, 5.41) is 4.44. The van der Waals surface area contributed by atoms with E-state index in [1.165, 1.54) is 11.3 Å². The summed E-state index contributed by atoms with van der Waals surface area (Å²) in [6.07, 6.45) is 0. The topological polar surface area (TPSA) is 17.8 Å². The Morgan fingerprint density at radius 1 is 1.27 bits per heavy atom. The van der Waals surface area contributed by atoms with Gasteiger partial charge in [0.15, 0.2) is 0 Å². The average Bonchev–Trinajstić information content (AvgIpc) is 2.41. The smallest absolute Gasteiger partial charge is 0.0631 e. The van der Waals surface area contributed by atoms with Gasteiger partial charge in [0.2, 0.25) is 0 Å². The number of rotatable bonds is 2. The molecule has 0 aliphatic carbocycles. The Balaban J connectivity index is 3.08. The highest BCUT2D eigenvalue weighted by molar-refractivity contribution is 5.30. The minimum absolute atomic E-state index is 0.386. The van der Waals surface area contributed by atoms with E-state index in [4.69, 9.17) is 0 Å². The van der Waals surface area contributed by atoms with Gasteiger partial charge in [0, 0.05) is 18.7 Å². The molecule has 0 bridgehead atoms. The van der Waals surface area contributed by atoms with Crippen LogP contribution in [0.5, 0.6) is 0 Å². The number of aromatic nitrogens is 2. The molecule has 0 amide bonds. The molecule has 2 atom stereocenters. The maximum absolute atomic E-state index is 4.44. The SMILES string of the molecule is CC#CC(C)C(C)c1c(C)nn(C)c1C. The zero-order valence-electron chi connectivity index (χ0n) is 10.5. The molecule has 0 saturated carbocycles. The van der Waals surface area contributed by atoms with Gasteiger partial charge in [0.05, 0.1) is 5.69 Å². The van der Waals surface area contributed by atoms with Crippen molar-refractivity contribution < 1.29 is 0 Å². The van der Waals surface area contributed by atoms with E-state index in [0.29, 0.717) is 11.8 Å². The van der Waals surface area contributed by atoms with E-state index < -0.39 is 0 Å². The molecule has 0 radical (unpaired) electrons. The fourth-order valence-corrected chi connectivity index (χ4v) is 2.05. The summed E-state index contributed by atoms with van der Waals surface area (Å²) in [7, 11) is 1.99. The number of nitrogens with zero attached hydrogens (tertiary/aromatic N) is 2. The first-order valence-corrected chi connectivity index (χ1v) is 5.41. The summed E-state index contributed by atoms with van der Waals surface area (Å²) in [4.78, 5) is 0. The van der Waals surface area contributed by atoms with E-state index in [0.717, 1.165) is 5.69 Å². The number of hydrogen-bond donors (Lipinski definition) is 0. The fourth-order valence-electron chi connectivity index (χ4n) is 2.05. The maximum atomic E-state index is 4.44. The lowest BCUT2D eigenvalue weighted by atomic mass is 9.88. The van der Waals surface area contributed by atoms with Crippen molar-refractivity contribution in [1.29, 1.82) is 0 Å². The van der Waals surface area contributed by atoms with Crippen LogP contribution >= 0.6 is 0 Å². The van der Waals surface area contributed by atoms with Crippen molar-refractivity contribution in [3.8, 4) is 11.8 Å². The Bertz CT molecular complexity index is 404. The van der Waals surface area contributed by atoms with E-state index >= 15 is 0 Å². The first-order valence-electron chi connectivity index (χ1n) is 5.41. The molecule has 1 aromatic heterocycles. The van der Waals surface area contributed by atoms with Gasteiger partial charge >= 0.3 is 0 Å². The molecule has 2 heteroatoms. The van der Waals surface area contributed by atoms with Crippen LogP contribution in [-0.2, 0) is 7.05 Å². The minimum atomic E-state index is 0.386. The third-order valence-corrected chi connectivity index (χ3v) is 3.14. The summed E-state index contributed by atoms with van der Waals surface area (Å²) in [5.74, 6) is 7.04. The molecule has 15 heavy (non-hydrogen) atoms. The molecule has 0 N–H and O–H groups in total. The van der Waals surface area contributed by atoms with Crippen LogP contribution in [0.4, 0.5) is 0 Å². The van der Waals surface area contributed by atoms with Gasteiger partial charge in [0.25, 0.3) is 0 Å². The van der Waals surface area contributed by atoms with Crippen LogP contribution in [-0.4, -0.2) is 9.78 Å². The molecule has 2 unspecified atom stereocenters. The normalized spacial score (nSPS) is 14.3. The number of aryl methyl sites for hydroxylation is 2. The molecule has 1 rings (SSSR count). The van der Waals surface area contributed by atoms with Crippen molar-refractivity contribution in [1.82, 2.24) is 9.78 Å². The van der Waals surface area contributed by atoms with Crippen molar-refractivity contribution in [2.45, 2.75) is 40.5 Å². The van der Waals surface area contributed by atoms with Gasteiger partial charge in [-0.1, -0.05) is 19.8 Å². The lowest BCUT2D eigenvalue weighted by molar-refractivity contribution is 0.602. The van der Waals surface area contributed by atoms with Crippen molar-refractivity contribution in [3.63, 3.8) is 0 Å². The van der Waals surface area contributed by atoms with E-state index in [1.54, 1.807) is 0 Å². The van der Waals surface area contributed by atoms with Gasteiger partial charge < -0.3 is 0 Å². The molecule has 0 saturated heterocycles. The predicted octanol–water partition coefficient (Wildman–Crippen LogP) is 2.80. The zero-order chi connectivity index (χ0) is 11.6. The predicted molar refractivity (Wildman–Crippen MR) is 63.7 cm³/mol. The van der Waals surface area contributed by atoms with Crippen molar-refractivity contribution in [2.24, 2.45) is 13.0 Å². The second kappa shape index (κ2) is 4.53. The second-order valence-electron chi connectivity index (χ2n) is 4.18. The van der Waals surface area contributed by atoms with Gasteiger partial charge in [-0.25, -0.2) is 0 Å². The van der Waals surface area contributed by atoms with Crippen LogP contribution in [0, 0.1) is 31.6 Å². The molecular formula is C13H20N2. The second-order valence-corrected chi connectivity index (χ2v) is 4.18. The molecule has 0 aromatic carbocycles. The van der Waals surface area contributed by atoms with Crippen LogP contribution in [0.3, 0.4) is 0 Å². The molecular weight excluding hydrogens is 184 g/mol. The number of hydrogen-bond acceptors (Lipinski definition) is 1. The van der Waals surface area contributed by atoms with Gasteiger partial charge in [0.1, 0.15) is 0 Å².